The van der Waals surface area contributed by atoms with Crippen LogP contribution in [0.2, 0.25) is 5.02 Å². The maximum Gasteiger partial charge on any atom is 0.256 e. The van der Waals surface area contributed by atoms with Gasteiger partial charge < -0.3 is 15.4 Å². The molecule has 2 aromatic carbocycles. The first-order valence-corrected chi connectivity index (χ1v) is 8.31. The van der Waals surface area contributed by atoms with Gasteiger partial charge in [0, 0.05) is 36.3 Å². The summed E-state index contributed by atoms with van der Waals surface area (Å²) in [4.78, 5) is 12.8. The molecule has 0 fully saturated rings. The van der Waals surface area contributed by atoms with E-state index in [2.05, 4.69) is 15.7 Å². The summed E-state index contributed by atoms with van der Waals surface area (Å²) in [5.41, 5.74) is 4.50. The minimum Gasteiger partial charge on any atom is -0.362 e. The van der Waals surface area contributed by atoms with Crippen LogP contribution in [0.3, 0.4) is 0 Å². The molecule has 0 radical (unpaired) electrons. The molecule has 6 nitrogen and oxygen atoms in total. The summed E-state index contributed by atoms with van der Waals surface area (Å²) in [7, 11) is 1.59. The zero-order chi connectivity index (χ0) is 17.4. The molecule has 0 saturated heterocycles. The third kappa shape index (κ3) is 3.00. The third-order valence-corrected chi connectivity index (χ3v) is 4.54. The highest BCUT2D eigenvalue weighted by Gasteiger charge is 2.16. The van der Waals surface area contributed by atoms with E-state index in [-0.39, 0.29) is 5.91 Å². The zero-order valence-electron chi connectivity index (χ0n) is 13.7. The highest BCUT2D eigenvalue weighted by Crippen LogP contribution is 2.26. The van der Waals surface area contributed by atoms with Gasteiger partial charge in [-0.05, 0) is 35.4 Å². The molecule has 1 aliphatic heterocycles. The summed E-state index contributed by atoms with van der Waals surface area (Å²) >= 11 is 6.21. The van der Waals surface area contributed by atoms with Gasteiger partial charge in [0.25, 0.3) is 5.91 Å². The Kier molecular flexibility index (Phi) is 4.17. The fourth-order valence-corrected chi connectivity index (χ4v) is 3.34. The first-order chi connectivity index (χ1) is 12.2. The third-order valence-electron chi connectivity index (χ3n) is 4.32. The van der Waals surface area contributed by atoms with Crippen molar-refractivity contribution in [3.63, 3.8) is 0 Å². The lowest BCUT2D eigenvalue weighted by molar-refractivity contribution is 0.102. The smallest absolute Gasteiger partial charge is 0.256 e. The summed E-state index contributed by atoms with van der Waals surface area (Å²) in [5, 5.41) is 11.7. The quantitative estimate of drug-likeness (QED) is 0.753. The molecular formula is C18H17ClN4O2. The second kappa shape index (κ2) is 6.48. The summed E-state index contributed by atoms with van der Waals surface area (Å²) in [6, 6.07) is 9.39. The summed E-state index contributed by atoms with van der Waals surface area (Å²) < 4.78 is 6.79. The maximum atomic E-state index is 12.8. The van der Waals surface area contributed by atoms with Crippen molar-refractivity contribution >= 4 is 34.1 Å². The number of ether oxygens (including phenoxy) is 1. The second-order valence-electron chi connectivity index (χ2n) is 5.99. The Bertz CT molecular complexity index is 967. The van der Waals surface area contributed by atoms with E-state index < -0.39 is 0 Å². The topological polar surface area (TPSA) is 68.2 Å². The van der Waals surface area contributed by atoms with E-state index >= 15 is 0 Å². The predicted octanol–water partition coefficient (Wildman–Crippen LogP) is 3.15. The summed E-state index contributed by atoms with van der Waals surface area (Å²) in [5.74, 6) is -0.213. The van der Waals surface area contributed by atoms with Crippen LogP contribution in [0.5, 0.6) is 0 Å². The van der Waals surface area contributed by atoms with Crippen molar-refractivity contribution < 1.29 is 9.53 Å². The lowest BCUT2D eigenvalue weighted by atomic mass is 10.1. The molecule has 25 heavy (non-hydrogen) atoms. The molecular weight excluding hydrogens is 340 g/mol. The lowest BCUT2D eigenvalue weighted by Gasteiger charge is -2.09. The molecule has 0 bridgehead atoms. The molecule has 7 heteroatoms. The minimum absolute atomic E-state index is 0.213. The van der Waals surface area contributed by atoms with Crippen LogP contribution in [-0.2, 0) is 24.6 Å². The summed E-state index contributed by atoms with van der Waals surface area (Å²) in [6.07, 6.45) is 1.66. The SMILES string of the molecule is COCn1ncc2c(C(=O)Nc3ccc4c(c3)CNC4)cc(Cl)cc21. The Morgan fingerprint density at radius 3 is 3.00 bits per heavy atom. The average Bonchev–Trinajstić information content (AvgIpc) is 3.21. The number of hydrogen-bond donors (Lipinski definition) is 2. The standard InChI is InChI=1S/C18H17ClN4O2/c1-25-10-23-17-6-13(19)5-15(16(17)9-21-23)18(24)22-14-3-2-11-7-20-8-12(11)4-14/h2-6,9,20H,7-8,10H2,1H3,(H,22,24). The van der Waals surface area contributed by atoms with Crippen LogP contribution < -0.4 is 10.6 Å². The number of nitrogens with zero attached hydrogens (tertiary/aromatic N) is 2. The lowest BCUT2D eigenvalue weighted by Crippen LogP contribution is -2.12. The number of aromatic nitrogens is 2. The first-order valence-electron chi connectivity index (χ1n) is 7.93. The predicted molar refractivity (Wildman–Crippen MR) is 96.7 cm³/mol. The van der Waals surface area contributed by atoms with Crippen molar-refractivity contribution in [1.29, 1.82) is 0 Å². The molecule has 0 aliphatic carbocycles. The van der Waals surface area contributed by atoms with Crippen LogP contribution in [0, 0.1) is 0 Å². The van der Waals surface area contributed by atoms with Crippen molar-refractivity contribution in [3.8, 4) is 0 Å². The fraction of sp³-hybridized carbons (Fsp3) is 0.222. The van der Waals surface area contributed by atoms with Gasteiger partial charge in [0.2, 0.25) is 0 Å². The Balaban J connectivity index is 1.68. The molecule has 0 unspecified atom stereocenters. The second-order valence-corrected chi connectivity index (χ2v) is 6.43. The Labute approximate surface area is 149 Å². The number of anilines is 1. The molecule has 2 heterocycles. The van der Waals surface area contributed by atoms with Crippen molar-refractivity contribution in [1.82, 2.24) is 15.1 Å². The Morgan fingerprint density at radius 2 is 2.16 bits per heavy atom. The molecule has 1 aromatic heterocycles. The van der Waals surface area contributed by atoms with Crippen molar-refractivity contribution in [2.24, 2.45) is 0 Å². The Hall–Kier alpha value is -2.41. The molecule has 3 aromatic rings. The number of carbonyl (C=O) groups is 1. The average molecular weight is 357 g/mol. The van der Waals surface area contributed by atoms with Gasteiger partial charge in [-0.3, -0.25) is 4.79 Å². The minimum atomic E-state index is -0.213. The molecule has 0 saturated carbocycles. The van der Waals surface area contributed by atoms with E-state index in [4.69, 9.17) is 16.3 Å². The van der Waals surface area contributed by atoms with Crippen LogP contribution in [0.1, 0.15) is 21.5 Å². The fourth-order valence-electron chi connectivity index (χ4n) is 3.13. The van der Waals surface area contributed by atoms with Gasteiger partial charge >= 0.3 is 0 Å². The van der Waals surface area contributed by atoms with Crippen LogP contribution in [-0.4, -0.2) is 22.8 Å². The monoisotopic (exact) mass is 356 g/mol. The van der Waals surface area contributed by atoms with E-state index in [0.717, 1.165) is 29.7 Å². The van der Waals surface area contributed by atoms with Gasteiger partial charge in [0.1, 0.15) is 6.73 Å². The van der Waals surface area contributed by atoms with Gasteiger partial charge in [-0.2, -0.15) is 5.10 Å². The van der Waals surface area contributed by atoms with Crippen LogP contribution in [0.25, 0.3) is 10.9 Å². The largest absolute Gasteiger partial charge is 0.362 e. The van der Waals surface area contributed by atoms with E-state index in [9.17, 15) is 4.79 Å². The first kappa shape index (κ1) is 16.1. The van der Waals surface area contributed by atoms with Crippen LogP contribution in [0.15, 0.2) is 36.5 Å². The number of nitrogens with one attached hydrogen (secondary N) is 2. The van der Waals surface area contributed by atoms with Crippen LogP contribution in [0.4, 0.5) is 5.69 Å². The molecule has 128 valence electrons. The number of methoxy groups -OCH3 is 1. The van der Waals surface area contributed by atoms with Gasteiger partial charge in [-0.1, -0.05) is 17.7 Å². The van der Waals surface area contributed by atoms with Gasteiger partial charge in [-0.25, -0.2) is 4.68 Å². The van der Waals surface area contributed by atoms with Crippen molar-refractivity contribution in [3.05, 3.63) is 58.2 Å². The number of rotatable bonds is 4. The van der Waals surface area contributed by atoms with Crippen molar-refractivity contribution in [2.75, 3.05) is 12.4 Å². The molecule has 0 atom stereocenters. The number of halogens is 1. The van der Waals surface area contributed by atoms with Crippen LogP contribution >= 0.6 is 11.6 Å². The van der Waals surface area contributed by atoms with Crippen molar-refractivity contribution in [2.45, 2.75) is 19.8 Å². The molecule has 0 spiro atoms. The number of hydrogen-bond acceptors (Lipinski definition) is 4. The van der Waals surface area contributed by atoms with E-state index in [0.29, 0.717) is 17.3 Å². The van der Waals surface area contributed by atoms with Gasteiger partial charge in [0.05, 0.1) is 17.3 Å². The van der Waals surface area contributed by atoms with E-state index in [1.165, 1.54) is 11.1 Å². The Morgan fingerprint density at radius 1 is 1.32 bits per heavy atom. The number of fused-ring (bicyclic) bond motifs is 2. The number of amides is 1. The number of benzene rings is 2. The highest BCUT2D eigenvalue weighted by molar-refractivity contribution is 6.32. The molecule has 2 N–H and O–H groups in total. The normalized spacial score (nSPS) is 13.2. The van der Waals surface area contributed by atoms with Gasteiger partial charge in [0.15, 0.2) is 0 Å². The number of carbonyl (C=O) groups excluding carboxylic acids is 1. The van der Waals surface area contributed by atoms with E-state index in [1.807, 2.05) is 18.2 Å². The molecule has 1 aliphatic rings. The zero-order valence-corrected chi connectivity index (χ0v) is 14.4. The van der Waals surface area contributed by atoms with E-state index in [1.54, 1.807) is 30.1 Å². The summed E-state index contributed by atoms with van der Waals surface area (Å²) in [6.45, 7) is 1.99. The molecule has 1 amide bonds. The maximum absolute atomic E-state index is 12.8. The highest BCUT2D eigenvalue weighted by atomic mass is 35.5. The van der Waals surface area contributed by atoms with Gasteiger partial charge in [-0.15, -0.1) is 0 Å². The molecule has 4 rings (SSSR count).